The van der Waals surface area contributed by atoms with Gasteiger partial charge in [-0.2, -0.15) is 0 Å². The number of aromatic hydroxyl groups is 2. The van der Waals surface area contributed by atoms with Crippen LogP contribution in [0.25, 0.3) is 0 Å². The third-order valence-electron chi connectivity index (χ3n) is 3.60. The number of hydrogen-bond acceptors (Lipinski definition) is 5. The van der Waals surface area contributed by atoms with Crippen molar-refractivity contribution in [1.82, 2.24) is 0 Å². The van der Waals surface area contributed by atoms with Gasteiger partial charge in [-0.3, -0.25) is 4.79 Å². The molecule has 0 saturated heterocycles. The summed E-state index contributed by atoms with van der Waals surface area (Å²) in [5.41, 5.74) is 0.965. The van der Waals surface area contributed by atoms with Crippen LogP contribution < -0.4 is 9.47 Å². The van der Waals surface area contributed by atoms with Crippen molar-refractivity contribution in [1.29, 1.82) is 0 Å². The van der Waals surface area contributed by atoms with E-state index in [1.807, 2.05) is 0 Å². The molecule has 0 heterocycles. The molecule has 0 spiro atoms. The normalized spacial score (nSPS) is 11.7. The van der Waals surface area contributed by atoms with Crippen LogP contribution in [0.15, 0.2) is 36.4 Å². The Hall–Kier alpha value is -2.89. The Labute approximate surface area is 133 Å². The second-order valence-corrected chi connectivity index (χ2v) is 5.02. The fraction of sp³-hybridized carbons (Fsp3) is 0.235. The topological polar surface area (TPSA) is 96.2 Å². The standard InChI is InChI=1S/C17H18O6/c1-22-15-6-4-10(8-16(15)23-2)13(17(20)21)7-11-3-5-12(18)9-14(11)19/h3-6,8-9,13,18-19H,7H2,1-2H3,(H,20,21). The van der Waals surface area contributed by atoms with E-state index in [0.717, 1.165) is 0 Å². The zero-order valence-corrected chi connectivity index (χ0v) is 12.8. The van der Waals surface area contributed by atoms with Gasteiger partial charge < -0.3 is 24.8 Å². The molecule has 0 aromatic heterocycles. The number of rotatable bonds is 6. The SMILES string of the molecule is COc1ccc(C(Cc2ccc(O)cc2O)C(=O)O)cc1OC. The number of methoxy groups -OCH3 is 2. The van der Waals surface area contributed by atoms with Crippen LogP contribution in [0.5, 0.6) is 23.0 Å². The first kappa shape index (κ1) is 16.5. The fourth-order valence-electron chi connectivity index (χ4n) is 2.36. The lowest BCUT2D eigenvalue weighted by Gasteiger charge is -2.16. The molecule has 23 heavy (non-hydrogen) atoms. The summed E-state index contributed by atoms with van der Waals surface area (Å²) in [6.45, 7) is 0. The molecule has 122 valence electrons. The van der Waals surface area contributed by atoms with E-state index in [9.17, 15) is 20.1 Å². The molecule has 1 atom stereocenters. The molecule has 6 heteroatoms. The van der Waals surface area contributed by atoms with Gasteiger partial charge in [0.1, 0.15) is 11.5 Å². The lowest BCUT2D eigenvalue weighted by molar-refractivity contribution is -0.138. The highest BCUT2D eigenvalue weighted by molar-refractivity contribution is 5.77. The number of carbonyl (C=O) groups is 1. The zero-order valence-electron chi connectivity index (χ0n) is 12.8. The van der Waals surface area contributed by atoms with Gasteiger partial charge in [-0.25, -0.2) is 0 Å². The van der Waals surface area contributed by atoms with E-state index in [1.165, 1.54) is 32.4 Å². The average Bonchev–Trinajstić information content (AvgIpc) is 2.53. The van der Waals surface area contributed by atoms with Gasteiger partial charge >= 0.3 is 5.97 Å². The molecular weight excluding hydrogens is 300 g/mol. The van der Waals surface area contributed by atoms with Crippen LogP contribution in [-0.2, 0) is 11.2 Å². The summed E-state index contributed by atoms with van der Waals surface area (Å²) < 4.78 is 10.3. The van der Waals surface area contributed by atoms with Crippen LogP contribution in [0, 0.1) is 0 Å². The number of carboxylic acid groups (broad SMARTS) is 1. The molecule has 2 aromatic rings. The number of carboxylic acids is 1. The van der Waals surface area contributed by atoms with E-state index < -0.39 is 11.9 Å². The lowest BCUT2D eigenvalue weighted by atomic mass is 9.91. The van der Waals surface area contributed by atoms with Crippen LogP contribution in [0.2, 0.25) is 0 Å². The van der Waals surface area contributed by atoms with E-state index in [2.05, 4.69) is 0 Å². The molecule has 0 aliphatic rings. The number of phenols is 2. The summed E-state index contributed by atoms with van der Waals surface area (Å²) in [7, 11) is 2.98. The van der Waals surface area contributed by atoms with Crippen LogP contribution in [0.4, 0.5) is 0 Å². The van der Waals surface area contributed by atoms with Crippen molar-refractivity contribution >= 4 is 5.97 Å². The molecule has 1 unspecified atom stereocenters. The van der Waals surface area contributed by atoms with Crippen molar-refractivity contribution in [2.24, 2.45) is 0 Å². The highest BCUT2D eigenvalue weighted by Crippen LogP contribution is 2.34. The number of benzene rings is 2. The number of phenolic OH excluding ortho intramolecular Hbond substituents is 2. The molecule has 0 radical (unpaired) electrons. The number of ether oxygens (including phenoxy) is 2. The zero-order chi connectivity index (χ0) is 17.0. The van der Waals surface area contributed by atoms with Crippen molar-refractivity contribution in [2.45, 2.75) is 12.3 Å². The van der Waals surface area contributed by atoms with E-state index in [1.54, 1.807) is 18.2 Å². The minimum atomic E-state index is -1.02. The van der Waals surface area contributed by atoms with Crippen molar-refractivity contribution in [2.75, 3.05) is 14.2 Å². The third-order valence-corrected chi connectivity index (χ3v) is 3.60. The fourth-order valence-corrected chi connectivity index (χ4v) is 2.36. The molecule has 2 rings (SSSR count). The molecule has 2 aromatic carbocycles. The van der Waals surface area contributed by atoms with Crippen LogP contribution in [-0.4, -0.2) is 35.5 Å². The van der Waals surface area contributed by atoms with Crippen LogP contribution in [0.1, 0.15) is 17.0 Å². The first-order valence-electron chi connectivity index (χ1n) is 6.91. The number of hydrogen-bond donors (Lipinski definition) is 3. The maximum absolute atomic E-state index is 11.6. The molecule has 0 saturated carbocycles. The Morgan fingerprint density at radius 2 is 1.74 bits per heavy atom. The first-order chi connectivity index (χ1) is 11.0. The molecule has 0 fully saturated rings. The predicted octanol–water partition coefficient (Wildman–Crippen LogP) is 2.53. The third kappa shape index (κ3) is 3.66. The number of aliphatic carboxylic acids is 1. The largest absolute Gasteiger partial charge is 0.508 e. The minimum Gasteiger partial charge on any atom is -0.508 e. The summed E-state index contributed by atoms with van der Waals surface area (Å²) in [5.74, 6) is -1.17. The van der Waals surface area contributed by atoms with Crippen molar-refractivity contribution in [3.63, 3.8) is 0 Å². The predicted molar refractivity (Wildman–Crippen MR) is 83.4 cm³/mol. The maximum Gasteiger partial charge on any atom is 0.311 e. The first-order valence-corrected chi connectivity index (χ1v) is 6.91. The summed E-state index contributed by atoms with van der Waals surface area (Å²) in [6, 6.07) is 8.99. The van der Waals surface area contributed by atoms with Gasteiger partial charge in [0.05, 0.1) is 20.1 Å². The Balaban J connectivity index is 2.37. The molecule has 0 bridgehead atoms. The second-order valence-electron chi connectivity index (χ2n) is 5.02. The lowest BCUT2D eigenvalue weighted by Crippen LogP contribution is -2.14. The highest BCUT2D eigenvalue weighted by atomic mass is 16.5. The molecule has 0 amide bonds. The molecular formula is C17H18O6. The minimum absolute atomic E-state index is 0.0794. The van der Waals surface area contributed by atoms with Gasteiger partial charge in [0.15, 0.2) is 11.5 Å². The van der Waals surface area contributed by atoms with E-state index >= 15 is 0 Å². The van der Waals surface area contributed by atoms with Gasteiger partial charge in [-0.05, 0) is 35.7 Å². The van der Waals surface area contributed by atoms with Gasteiger partial charge in [-0.1, -0.05) is 12.1 Å². The molecule has 0 aliphatic carbocycles. The summed E-state index contributed by atoms with van der Waals surface area (Å²) in [5, 5.41) is 28.7. The molecule has 0 aliphatic heterocycles. The van der Waals surface area contributed by atoms with Gasteiger partial charge in [0.25, 0.3) is 0 Å². The Morgan fingerprint density at radius 3 is 2.30 bits per heavy atom. The van der Waals surface area contributed by atoms with Crippen molar-refractivity contribution in [3.8, 4) is 23.0 Å². The van der Waals surface area contributed by atoms with Gasteiger partial charge in [0.2, 0.25) is 0 Å². The molecule has 3 N–H and O–H groups in total. The highest BCUT2D eigenvalue weighted by Gasteiger charge is 2.23. The molecule has 6 nitrogen and oxygen atoms in total. The average molecular weight is 318 g/mol. The maximum atomic E-state index is 11.6. The van der Waals surface area contributed by atoms with E-state index in [4.69, 9.17) is 9.47 Å². The Kier molecular flexibility index (Phi) is 4.95. The summed E-state index contributed by atoms with van der Waals surface area (Å²) in [4.78, 5) is 11.6. The van der Waals surface area contributed by atoms with Crippen molar-refractivity contribution < 1.29 is 29.6 Å². The van der Waals surface area contributed by atoms with Crippen LogP contribution >= 0.6 is 0 Å². The second kappa shape index (κ2) is 6.91. The summed E-state index contributed by atoms with van der Waals surface area (Å²) in [6.07, 6.45) is 0.0803. The van der Waals surface area contributed by atoms with E-state index in [-0.39, 0.29) is 17.9 Å². The monoisotopic (exact) mass is 318 g/mol. The Bertz CT molecular complexity index is 710. The Morgan fingerprint density at radius 1 is 1.04 bits per heavy atom. The van der Waals surface area contributed by atoms with E-state index in [0.29, 0.717) is 22.6 Å². The quantitative estimate of drug-likeness (QED) is 0.757. The summed E-state index contributed by atoms with van der Waals surface area (Å²) >= 11 is 0. The van der Waals surface area contributed by atoms with Gasteiger partial charge in [0, 0.05) is 6.07 Å². The van der Waals surface area contributed by atoms with Gasteiger partial charge in [-0.15, -0.1) is 0 Å². The smallest absolute Gasteiger partial charge is 0.311 e. The van der Waals surface area contributed by atoms with Crippen molar-refractivity contribution in [3.05, 3.63) is 47.5 Å². The van der Waals surface area contributed by atoms with Crippen LogP contribution in [0.3, 0.4) is 0 Å².